The maximum Gasteiger partial charge on any atom is 0.345 e. The highest BCUT2D eigenvalue weighted by atomic mass is 16.5. The molecule has 0 saturated carbocycles. The van der Waals surface area contributed by atoms with Gasteiger partial charge in [-0.25, -0.2) is 9.59 Å². The van der Waals surface area contributed by atoms with Gasteiger partial charge in [0.1, 0.15) is 18.5 Å². The number of fused-ring (bicyclic) bond motifs is 4. The lowest BCUT2D eigenvalue weighted by Gasteiger charge is -2.13. The van der Waals surface area contributed by atoms with E-state index < -0.39 is 11.9 Å². The van der Waals surface area contributed by atoms with Crippen LogP contribution in [0.3, 0.4) is 0 Å². The first-order chi connectivity index (χ1) is 13.9. The molecule has 0 radical (unpaired) electrons. The molecule has 0 aliphatic carbocycles. The fraction of sp³-hybridized carbons (Fsp3) is 0.0870. The summed E-state index contributed by atoms with van der Waals surface area (Å²) in [4.78, 5) is 24.8. The third-order valence-electron chi connectivity index (χ3n) is 5.50. The minimum atomic E-state index is -1.09. The number of phenolic OH excluding ortho intramolecular Hbond substituents is 1. The van der Waals surface area contributed by atoms with Crippen molar-refractivity contribution < 1.29 is 29.1 Å². The molecule has 1 aromatic heterocycles. The van der Waals surface area contributed by atoms with Gasteiger partial charge < -0.3 is 14.9 Å². The molecule has 2 N–H and O–H groups in total. The Morgan fingerprint density at radius 2 is 1.79 bits per heavy atom. The molecule has 5 rings (SSSR count). The second-order valence-electron chi connectivity index (χ2n) is 7.17. The van der Waals surface area contributed by atoms with Crippen molar-refractivity contribution in [1.82, 2.24) is 0 Å². The van der Waals surface area contributed by atoms with E-state index in [1.165, 1.54) is 12.1 Å². The number of hydrogen-bond donors (Lipinski definition) is 2. The SMILES string of the molecule is Cc1cc(C(=O)O)cc2c1OC(=O)c1c3ccccc3[n+](C)c3ccc(O)c-2c13. The van der Waals surface area contributed by atoms with Gasteiger partial charge in [0, 0.05) is 23.3 Å². The monoisotopic (exact) mass is 386 g/mol. The number of nitrogens with zero attached hydrogens (tertiary/aromatic N) is 1. The smallest absolute Gasteiger partial charge is 0.345 e. The van der Waals surface area contributed by atoms with Crippen LogP contribution in [0.1, 0.15) is 26.3 Å². The molecule has 142 valence electrons. The Morgan fingerprint density at radius 1 is 1.03 bits per heavy atom. The van der Waals surface area contributed by atoms with Gasteiger partial charge in [-0.1, -0.05) is 12.1 Å². The number of carboxylic acid groups (broad SMARTS) is 1. The largest absolute Gasteiger partial charge is 0.507 e. The molecule has 0 fully saturated rings. The van der Waals surface area contributed by atoms with Crippen molar-refractivity contribution in [3.8, 4) is 22.6 Å². The minimum Gasteiger partial charge on any atom is -0.507 e. The average Bonchev–Trinajstić information content (AvgIpc) is 2.82. The molecular weight excluding hydrogens is 370 g/mol. The number of aromatic hydroxyl groups is 1. The Labute approximate surface area is 165 Å². The Hall–Kier alpha value is -3.93. The van der Waals surface area contributed by atoms with E-state index in [9.17, 15) is 19.8 Å². The summed E-state index contributed by atoms with van der Waals surface area (Å²) < 4.78 is 7.69. The molecule has 1 aliphatic heterocycles. The molecule has 0 unspecified atom stereocenters. The molecule has 1 aliphatic rings. The van der Waals surface area contributed by atoms with E-state index in [0.29, 0.717) is 33.0 Å². The first-order valence-electron chi connectivity index (χ1n) is 9.05. The van der Waals surface area contributed by atoms with Gasteiger partial charge >= 0.3 is 11.9 Å². The van der Waals surface area contributed by atoms with Gasteiger partial charge in [-0.15, -0.1) is 0 Å². The summed E-state index contributed by atoms with van der Waals surface area (Å²) in [6.45, 7) is 1.68. The number of esters is 1. The van der Waals surface area contributed by atoms with E-state index in [4.69, 9.17) is 4.74 Å². The maximum absolute atomic E-state index is 13.2. The first-order valence-corrected chi connectivity index (χ1v) is 9.05. The number of aryl methyl sites for hydroxylation is 2. The van der Waals surface area contributed by atoms with Crippen LogP contribution in [0.15, 0.2) is 48.5 Å². The number of phenols is 1. The average molecular weight is 386 g/mol. The second kappa shape index (κ2) is 5.78. The van der Waals surface area contributed by atoms with E-state index in [1.807, 2.05) is 35.9 Å². The lowest BCUT2D eigenvalue weighted by molar-refractivity contribution is -0.617. The topological polar surface area (TPSA) is 87.7 Å². The van der Waals surface area contributed by atoms with Gasteiger partial charge in [-0.05, 0) is 36.8 Å². The fourth-order valence-electron chi connectivity index (χ4n) is 4.20. The number of benzene rings is 3. The molecule has 4 aromatic rings. The van der Waals surface area contributed by atoms with E-state index in [2.05, 4.69) is 0 Å². The van der Waals surface area contributed by atoms with Crippen LogP contribution in [0.4, 0.5) is 0 Å². The van der Waals surface area contributed by atoms with Gasteiger partial charge in [-0.3, -0.25) is 0 Å². The standard InChI is InChI=1S/C23H15NO5/c1-11-9-12(22(26)27)10-14-18-17(25)8-7-16-20(18)19(23(28)29-21(11)14)13-5-3-4-6-15(13)24(16)2/h3-10H,1-2H3,(H-,25,26,27,28)/p+1. The van der Waals surface area contributed by atoms with Crippen molar-refractivity contribution in [1.29, 1.82) is 0 Å². The van der Waals surface area contributed by atoms with Crippen LogP contribution in [0, 0.1) is 6.92 Å². The lowest BCUT2D eigenvalue weighted by atomic mass is 9.92. The number of ether oxygens (including phenoxy) is 1. The van der Waals surface area contributed by atoms with Crippen LogP contribution in [-0.2, 0) is 7.05 Å². The van der Waals surface area contributed by atoms with Gasteiger partial charge in [0.15, 0.2) is 0 Å². The van der Waals surface area contributed by atoms with Gasteiger partial charge in [0.2, 0.25) is 11.0 Å². The van der Waals surface area contributed by atoms with Gasteiger partial charge in [-0.2, -0.15) is 4.57 Å². The molecule has 0 atom stereocenters. The van der Waals surface area contributed by atoms with Crippen LogP contribution in [-0.4, -0.2) is 22.2 Å². The quantitative estimate of drug-likeness (QED) is 0.225. The van der Waals surface area contributed by atoms with Crippen molar-refractivity contribution in [2.45, 2.75) is 6.92 Å². The normalized spacial score (nSPS) is 12.6. The molecule has 2 heterocycles. The summed E-state index contributed by atoms with van der Waals surface area (Å²) in [5, 5.41) is 21.5. The van der Waals surface area contributed by atoms with E-state index in [0.717, 1.165) is 11.0 Å². The molecule has 0 amide bonds. The molecule has 0 spiro atoms. The Bertz CT molecular complexity index is 1400. The third-order valence-corrected chi connectivity index (χ3v) is 5.50. The first kappa shape index (κ1) is 17.2. The second-order valence-corrected chi connectivity index (χ2v) is 7.17. The van der Waals surface area contributed by atoms with Crippen molar-refractivity contribution >= 4 is 33.7 Å². The van der Waals surface area contributed by atoms with Gasteiger partial charge in [0.25, 0.3) is 0 Å². The summed E-state index contributed by atoms with van der Waals surface area (Å²) in [5.74, 6) is -1.42. The highest BCUT2D eigenvalue weighted by Crippen LogP contribution is 2.47. The Balaban J connectivity index is 2.07. The molecule has 29 heavy (non-hydrogen) atoms. The summed E-state index contributed by atoms with van der Waals surface area (Å²) in [6, 6.07) is 13.7. The Kier molecular flexibility index (Phi) is 3.43. The summed E-state index contributed by atoms with van der Waals surface area (Å²) >= 11 is 0. The number of pyridine rings is 1. The van der Waals surface area contributed by atoms with E-state index >= 15 is 0 Å². The predicted molar refractivity (Wildman–Crippen MR) is 106 cm³/mol. The zero-order chi connectivity index (χ0) is 20.4. The molecule has 3 aromatic carbocycles. The molecule has 0 saturated heterocycles. The minimum absolute atomic E-state index is 0.0458. The number of carboxylic acids is 1. The number of aromatic nitrogens is 1. The van der Waals surface area contributed by atoms with Gasteiger partial charge in [0.05, 0.1) is 21.9 Å². The van der Waals surface area contributed by atoms with E-state index in [1.54, 1.807) is 19.1 Å². The highest BCUT2D eigenvalue weighted by Gasteiger charge is 2.33. The van der Waals surface area contributed by atoms with Crippen LogP contribution < -0.4 is 9.30 Å². The van der Waals surface area contributed by atoms with Crippen molar-refractivity contribution in [3.05, 3.63) is 65.2 Å². The summed E-state index contributed by atoms with van der Waals surface area (Å²) in [6.07, 6.45) is 0. The number of carbonyl (C=O) groups excluding carboxylic acids is 1. The zero-order valence-corrected chi connectivity index (χ0v) is 15.7. The van der Waals surface area contributed by atoms with Crippen LogP contribution >= 0.6 is 0 Å². The van der Waals surface area contributed by atoms with Crippen LogP contribution in [0.2, 0.25) is 0 Å². The zero-order valence-electron chi connectivity index (χ0n) is 15.7. The lowest BCUT2D eigenvalue weighted by Crippen LogP contribution is -2.31. The van der Waals surface area contributed by atoms with Crippen LogP contribution in [0.5, 0.6) is 11.5 Å². The number of hydrogen-bond acceptors (Lipinski definition) is 4. The molecule has 6 heteroatoms. The number of carbonyl (C=O) groups is 2. The maximum atomic E-state index is 13.2. The Morgan fingerprint density at radius 3 is 2.55 bits per heavy atom. The molecule has 6 nitrogen and oxygen atoms in total. The third kappa shape index (κ3) is 2.26. The van der Waals surface area contributed by atoms with Crippen molar-refractivity contribution in [2.75, 3.05) is 0 Å². The summed E-state index contributed by atoms with van der Waals surface area (Å²) in [7, 11) is 1.89. The fourth-order valence-corrected chi connectivity index (χ4v) is 4.20. The number of rotatable bonds is 1. The highest BCUT2D eigenvalue weighted by molar-refractivity contribution is 6.20. The molecule has 0 bridgehead atoms. The van der Waals surface area contributed by atoms with E-state index in [-0.39, 0.29) is 17.1 Å². The van der Waals surface area contributed by atoms with Crippen LogP contribution in [0.25, 0.3) is 32.9 Å². The van der Waals surface area contributed by atoms with Crippen molar-refractivity contribution in [3.63, 3.8) is 0 Å². The van der Waals surface area contributed by atoms with Crippen molar-refractivity contribution in [2.24, 2.45) is 7.05 Å². The molecular formula is C23H16NO5+. The number of aromatic carboxylic acids is 1. The predicted octanol–water partition coefficient (Wildman–Crippen LogP) is 3.73. The number of para-hydroxylation sites is 1. The summed E-state index contributed by atoms with van der Waals surface area (Å²) in [5.41, 5.74) is 3.27.